The summed E-state index contributed by atoms with van der Waals surface area (Å²) in [5, 5.41) is 7.69. The summed E-state index contributed by atoms with van der Waals surface area (Å²) in [5.41, 5.74) is 2.16. The highest BCUT2D eigenvalue weighted by atomic mass is 127. The molecule has 7 nitrogen and oxygen atoms in total. The van der Waals surface area contributed by atoms with Gasteiger partial charge in [0.15, 0.2) is 5.96 Å². The van der Waals surface area contributed by atoms with Gasteiger partial charge in [-0.05, 0) is 17.5 Å². The zero-order valence-corrected chi connectivity index (χ0v) is 18.9. The van der Waals surface area contributed by atoms with Crippen molar-refractivity contribution in [3.8, 4) is 11.3 Å². The Morgan fingerprint density at radius 1 is 1.29 bits per heavy atom. The molecule has 0 amide bonds. The smallest absolute Gasteiger partial charge is 0.193 e. The standard InChI is InChI=1S/C20H27N7.HI/c1-16(14-27-11-7-10-24-27)12-23-20(21-2)26(3)15-19-22-13-18(25-19)17-8-5-4-6-9-17;/h4-11,13,16H,12,14-15H2,1-3H3,(H,21,23)(H,22,25);1H. The molecule has 2 heterocycles. The number of aromatic amines is 1. The average Bonchev–Trinajstić information content (AvgIpc) is 3.35. The lowest BCUT2D eigenvalue weighted by molar-refractivity contribution is 0.420. The minimum Gasteiger partial charge on any atom is -0.356 e. The molecule has 1 aromatic carbocycles. The first-order chi connectivity index (χ1) is 13.2. The molecule has 0 saturated heterocycles. The fourth-order valence-corrected chi connectivity index (χ4v) is 2.95. The number of imidazole rings is 1. The Hall–Kier alpha value is -2.36. The van der Waals surface area contributed by atoms with Gasteiger partial charge in [-0.3, -0.25) is 9.67 Å². The fourth-order valence-electron chi connectivity index (χ4n) is 2.95. The highest BCUT2D eigenvalue weighted by molar-refractivity contribution is 14.0. The van der Waals surface area contributed by atoms with E-state index in [0.717, 1.165) is 36.1 Å². The number of hydrogen-bond acceptors (Lipinski definition) is 3. The molecule has 150 valence electrons. The molecule has 0 saturated carbocycles. The Kier molecular flexibility index (Phi) is 8.49. The molecule has 0 radical (unpaired) electrons. The zero-order valence-electron chi connectivity index (χ0n) is 16.5. The Labute approximate surface area is 183 Å². The molecule has 0 spiro atoms. The van der Waals surface area contributed by atoms with E-state index >= 15 is 0 Å². The number of aliphatic imine (C=N–C) groups is 1. The number of nitrogens with zero attached hydrogens (tertiary/aromatic N) is 5. The summed E-state index contributed by atoms with van der Waals surface area (Å²) < 4.78 is 1.95. The minimum atomic E-state index is 0. The molecule has 3 aromatic rings. The quantitative estimate of drug-likeness (QED) is 0.301. The van der Waals surface area contributed by atoms with Crippen LogP contribution in [0.3, 0.4) is 0 Å². The van der Waals surface area contributed by atoms with E-state index in [1.54, 1.807) is 13.2 Å². The number of rotatable bonds is 7. The van der Waals surface area contributed by atoms with E-state index in [2.05, 4.69) is 49.3 Å². The van der Waals surface area contributed by atoms with Gasteiger partial charge in [0.1, 0.15) is 5.82 Å². The van der Waals surface area contributed by atoms with Crippen LogP contribution in [-0.2, 0) is 13.1 Å². The maximum absolute atomic E-state index is 4.50. The van der Waals surface area contributed by atoms with Gasteiger partial charge < -0.3 is 15.2 Å². The van der Waals surface area contributed by atoms with E-state index in [9.17, 15) is 0 Å². The largest absolute Gasteiger partial charge is 0.356 e. The molecule has 8 heteroatoms. The van der Waals surface area contributed by atoms with Crippen LogP contribution in [0.5, 0.6) is 0 Å². The molecular formula is C20H28IN7. The molecule has 1 unspecified atom stereocenters. The van der Waals surface area contributed by atoms with Crippen molar-refractivity contribution in [3.63, 3.8) is 0 Å². The van der Waals surface area contributed by atoms with Gasteiger partial charge >= 0.3 is 0 Å². The summed E-state index contributed by atoms with van der Waals surface area (Å²) in [7, 11) is 3.81. The molecule has 3 rings (SSSR count). The summed E-state index contributed by atoms with van der Waals surface area (Å²) in [4.78, 5) is 14.3. The first-order valence-corrected chi connectivity index (χ1v) is 9.14. The lowest BCUT2D eigenvalue weighted by Gasteiger charge is -2.22. The summed E-state index contributed by atoms with van der Waals surface area (Å²) >= 11 is 0. The van der Waals surface area contributed by atoms with Crippen LogP contribution in [0, 0.1) is 5.92 Å². The summed E-state index contributed by atoms with van der Waals surface area (Å²) in [6, 6.07) is 12.2. The first kappa shape index (κ1) is 21.9. The van der Waals surface area contributed by atoms with Crippen molar-refractivity contribution in [1.82, 2.24) is 30.0 Å². The van der Waals surface area contributed by atoms with Crippen molar-refractivity contribution in [2.24, 2.45) is 10.9 Å². The van der Waals surface area contributed by atoms with Crippen molar-refractivity contribution in [2.45, 2.75) is 20.0 Å². The van der Waals surface area contributed by atoms with Crippen molar-refractivity contribution in [3.05, 3.63) is 60.8 Å². The number of nitrogens with one attached hydrogen (secondary N) is 2. The number of halogens is 1. The maximum Gasteiger partial charge on any atom is 0.193 e. The third kappa shape index (κ3) is 6.08. The molecular weight excluding hydrogens is 465 g/mol. The van der Waals surface area contributed by atoms with E-state index in [1.807, 2.05) is 48.4 Å². The van der Waals surface area contributed by atoms with Crippen LogP contribution in [0.1, 0.15) is 12.7 Å². The predicted octanol–water partition coefficient (Wildman–Crippen LogP) is 3.23. The topological polar surface area (TPSA) is 74.1 Å². The number of benzene rings is 1. The van der Waals surface area contributed by atoms with Crippen molar-refractivity contribution in [2.75, 3.05) is 20.6 Å². The van der Waals surface area contributed by atoms with E-state index in [1.165, 1.54) is 0 Å². The van der Waals surface area contributed by atoms with E-state index in [4.69, 9.17) is 0 Å². The number of H-pyrrole nitrogens is 1. The van der Waals surface area contributed by atoms with Crippen LogP contribution in [0.2, 0.25) is 0 Å². The van der Waals surface area contributed by atoms with E-state index < -0.39 is 0 Å². The lowest BCUT2D eigenvalue weighted by Crippen LogP contribution is -2.41. The van der Waals surface area contributed by atoms with Gasteiger partial charge in [-0.25, -0.2) is 4.98 Å². The van der Waals surface area contributed by atoms with E-state index in [-0.39, 0.29) is 24.0 Å². The van der Waals surface area contributed by atoms with Gasteiger partial charge in [0.05, 0.1) is 18.4 Å². The van der Waals surface area contributed by atoms with Gasteiger partial charge in [0.2, 0.25) is 0 Å². The summed E-state index contributed by atoms with van der Waals surface area (Å²) in [5.74, 6) is 2.19. The molecule has 2 aromatic heterocycles. The van der Waals surface area contributed by atoms with Crippen LogP contribution >= 0.6 is 24.0 Å². The summed E-state index contributed by atoms with van der Waals surface area (Å²) in [6.07, 6.45) is 5.67. The van der Waals surface area contributed by atoms with Crippen LogP contribution in [0.25, 0.3) is 11.3 Å². The monoisotopic (exact) mass is 493 g/mol. The fraction of sp³-hybridized carbons (Fsp3) is 0.350. The molecule has 0 bridgehead atoms. The Morgan fingerprint density at radius 2 is 2.07 bits per heavy atom. The molecule has 1 atom stereocenters. The lowest BCUT2D eigenvalue weighted by atomic mass is 10.2. The molecule has 0 fully saturated rings. The van der Waals surface area contributed by atoms with Crippen LogP contribution in [0.15, 0.2) is 60.0 Å². The van der Waals surface area contributed by atoms with Crippen molar-refractivity contribution in [1.29, 1.82) is 0 Å². The third-order valence-electron chi connectivity index (χ3n) is 4.34. The summed E-state index contributed by atoms with van der Waals surface area (Å²) in [6.45, 7) is 4.55. The van der Waals surface area contributed by atoms with Crippen molar-refractivity contribution < 1.29 is 0 Å². The second-order valence-corrected chi connectivity index (χ2v) is 6.73. The Balaban J connectivity index is 0.00000280. The highest BCUT2D eigenvalue weighted by Crippen LogP contribution is 2.16. The van der Waals surface area contributed by atoms with E-state index in [0.29, 0.717) is 12.5 Å². The number of aromatic nitrogens is 4. The van der Waals surface area contributed by atoms with Crippen LogP contribution < -0.4 is 5.32 Å². The van der Waals surface area contributed by atoms with Gasteiger partial charge in [-0.1, -0.05) is 37.3 Å². The van der Waals surface area contributed by atoms with Gasteiger partial charge in [-0.15, -0.1) is 24.0 Å². The maximum atomic E-state index is 4.50. The SMILES string of the molecule is CN=C(NCC(C)Cn1cccn1)N(C)Cc1ncc(-c2ccccc2)[nH]1.I. The Bertz CT molecular complexity index is 843. The molecule has 0 aliphatic heterocycles. The number of guanidine groups is 1. The average molecular weight is 493 g/mol. The molecule has 2 N–H and O–H groups in total. The number of hydrogen-bond donors (Lipinski definition) is 2. The van der Waals surface area contributed by atoms with Crippen molar-refractivity contribution >= 4 is 29.9 Å². The highest BCUT2D eigenvalue weighted by Gasteiger charge is 2.11. The normalized spacial score (nSPS) is 12.3. The third-order valence-corrected chi connectivity index (χ3v) is 4.34. The first-order valence-electron chi connectivity index (χ1n) is 9.14. The molecule has 0 aliphatic carbocycles. The van der Waals surface area contributed by atoms with Crippen LogP contribution in [-0.4, -0.2) is 51.2 Å². The van der Waals surface area contributed by atoms with Gasteiger partial charge in [0.25, 0.3) is 0 Å². The van der Waals surface area contributed by atoms with Gasteiger partial charge in [-0.2, -0.15) is 5.10 Å². The Morgan fingerprint density at radius 3 is 2.75 bits per heavy atom. The second kappa shape index (κ2) is 10.8. The predicted molar refractivity (Wildman–Crippen MR) is 124 cm³/mol. The zero-order chi connectivity index (χ0) is 19.1. The van der Waals surface area contributed by atoms with Crippen LogP contribution in [0.4, 0.5) is 0 Å². The molecule has 0 aliphatic rings. The van der Waals surface area contributed by atoms with Gasteiger partial charge in [0, 0.05) is 39.6 Å². The minimum absolute atomic E-state index is 0. The molecule has 28 heavy (non-hydrogen) atoms. The second-order valence-electron chi connectivity index (χ2n) is 6.73.